The van der Waals surface area contributed by atoms with Crippen LogP contribution in [0, 0.1) is 17.1 Å². The summed E-state index contributed by atoms with van der Waals surface area (Å²) in [7, 11) is 1.62. The van der Waals surface area contributed by atoms with Gasteiger partial charge in [-0.1, -0.05) is 0 Å². The first kappa shape index (κ1) is 17.0. The largest absolute Gasteiger partial charge is 0.340 e. The predicted octanol–water partition coefficient (Wildman–Crippen LogP) is 0.852. The van der Waals surface area contributed by atoms with E-state index in [4.69, 9.17) is 5.26 Å². The van der Waals surface area contributed by atoms with Crippen molar-refractivity contribution in [2.75, 3.05) is 13.6 Å². The summed E-state index contributed by atoms with van der Waals surface area (Å²) in [5, 5.41) is 16.3. The maximum absolute atomic E-state index is 13.8. The second-order valence-electron chi connectivity index (χ2n) is 6.14. The molecule has 0 fully saturated rings. The molecular formula is C17H19FN6O. The zero-order chi connectivity index (χ0) is 17.8. The topological polar surface area (TPSA) is 86.8 Å². The van der Waals surface area contributed by atoms with E-state index in [1.54, 1.807) is 13.4 Å². The average Bonchev–Trinajstić information content (AvgIpc) is 3.09. The maximum atomic E-state index is 13.8. The number of halogens is 1. The lowest BCUT2D eigenvalue weighted by Gasteiger charge is -2.25. The second-order valence-corrected chi connectivity index (χ2v) is 6.14. The first-order chi connectivity index (χ1) is 12.1. The van der Waals surface area contributed by atoms with Gasteiger partial charge in [0.25, 0.3) is 0 Å². The smallest absolute Gasteiger partial charge is 0.236 e. The summed E-state index contributed by atoms with van der Waals surface area (Å²) in [6.07, 6.45) is 3.27. The predicted molar refractivity (Wildman–Crippen MR) is 87.7 cm³/mol. The number of benzene rings is 1. The molecule has 1 N–H and O–H groups in total. The molecule has 130 valence electrons. The van der Waals surface area contributed by atoms with E-state index in [1.807, 2.05) is 10.8 Å². The van der Waals surface area contributed by atoms with Crippen molar-refractivity contribution in [2.24, 2.45) is 0 Å². The molecule has 1 atom stereocenters. The summed E-state index contributed by atoms with van der Waals surface area (Å²) in [5.41, 5.74) is 0.709. The lowest BCUT2D eigenvalue weighted by Crippen LogP contribution is -2.43. The third-order valence-corrected chi connectivity index (χ3v) is 4.36. The second kappa shape index (κ2) is 7.40. The Hall–Kier alpha value is -2.79. The molecule has 1 aromatic carbocycles. The normalized spacial score (nSPS) is 16.1. The average molecular weight is 342 g/mol. The van der Waals surface area contributed by atoms with Crippen molar-refractivity contribution < 1.29 is 9.18 Å². The number of nitrogens with one attached hydrogen (secondary N) is 1. The molecule has 0 spiro atoms. The van der Waals surface area contributed by atoms with Gasteiger partial charge < -0.3 is 10.2 Å². The number of carbonyl (C=O) groups excluding carboxylic acids is 1. The molecule has 1 aliphatic rings. The maximum Gasteiger partial charge on any atom is 0.236 e. The van der Waals surface area contributed by atoms with Crippen molar-refractivity contribution in [2.45, 2.75) is 32.0 Å². The molecule has 1 aromatic heterocycles. The number of likely N-dealkylation sites (N-methyl/N-ethyl adjacent to an activating group) is 1. The van der Waals surface area contributed by atoms with Crippen molar-refractivity contribution in [3.05, 3.63) is 47.3 Å². The van der Waals surface area contributed by atoms with E-state index in [2.05, 4.69) is 15.4 Å². The number of nitriles is 1. The van der Waals surface area contributed by atoms with Crippen molar-refractivity contribution in [3.8, 4) is 6.07 Å². The SMILES string of the molecule is CN(Cc1cc(C#N)ccc1F)C(=O)CNC1CCc2ncnn2C1. The Bertz CT molecular complexity index is 812. The Morgan fingerprint density at radius 3 is 3.20 bits per heavy atom. The summed E-state index contributed by atoms with van der Waals surface area (Å²) in [6.45, 7) is 0.982. The summed E-state index contributed by atoms with van der Waals surface area (Å²) < 4.78 is 15.7. The van der Waals surface area contributed by atoms with Gasteiger partial charge in [0.05, 0.1) is 24.7 Å². The van der Waals surface area contributed by atoms with E-state index in [9.17, 15) is 9.18 Å². The Balaban J connectivity index is 1.52. The number of rotatable bonds is 5. The molecular weight excluding hydrogens is 323 g/mol. The summed E-state index contributed by atoms with van der Waals surface area (Å²) >= 11 is 0. The number of nitrogens with zero attached hydrogens (tertiary/aromatic N) is 5. The summed E-state index contributed by atoms with van der Waals surface area (Å²) in [6, 6.07) is 6.28. The molecule has 0 saturated carbocycles. The number of aryl methyl sites for hydroxylation is 1. The highest BCUT2D eigenvalue weighted by molar-refractivity contribution is 5.78. The first-order valence-corrected chi connectivity index (χ1v) is 8.09. The van der Waals surface area contributed by atoms with Crippen molar-refractivity contribution >= 4 is 5.91 Å². The van der Waals surface area contributed by atoms with Crippen LogP contribution in [0.5, 0.6) is 0 Å². The third kappa shape index (κ3) is 4.00. The number of carbonyl (C=O) groups is 1. The van der Waals surface area contributed by atoms with Crippen molar-refractivity contribution in [1.82, 2.24) is 25.0 Å². The van der Waals surface area contributed by atoms with Crippen LogP contribution in [-0.2, 0) is 24.3 Å². The molecule has 0 aliphatic carbocycles. The van der Waals surface area contributed by atoms with Crippen LogP contribution in [0.2, 0.25) is 0 Å². The fourth-order valence-electron chi connectivity index (χ4n) is 2.88. The van der Waals surface area contributed by atoms with Crippen molar-refractivity contribution in [1.29, 1.82) is 5.26 Å². The molecule has 2 aromatic rings. The summed E-state index contributed by atoms with van der Waals surface area (Å²) in [4.78, 5) is 17.9. The zero-order valence-corrected chi connectivity index (χ0v) is 13.9. The lowest BCUT2D eigenvalue weighted by molar-refractivity contribution is -0.129. The van der Waals surface area contributed by atoms with Gasteiger partial charge in [0.2, 0.25) is 5.91 Å². The van der Waals surface area contributed by atoms with Crippen LogP contribution >= 0.6 is 0 Å². The Labute approximate surface area is 145 Å². The Kier molecular flexibility index (Phi) is 5.05. The van der Waals surface area contributed by atoms with Crippen LogP contribution in [0.3, 0.4) is 0 Å². The van der Waals surface area contributed by atoms with E-state index in [0.717, 1.165) is 18.7 Å². The molecule has 7 nitrogen and oxygen atoms in total. The number of fused-ring (bicyclic) bond motifs is 1. The highest BCUT2D eigenvalue weighted by atomic mass is 19.1. The van der Waals surface area contributed by atoms with E-state index < -0.39 is 5.82 Å². The van der Waals surface area contributed by atoms with Gasteiger partial charge in [-0.05, 0) is 24.6 Å². The number of amides is 1. The highest BCUT2D eigenvalue weighted by Crippen LogP contribution is 2.13. The summed E-state index contributed by atoms with van der Waals surface area (Å²) in [5.74, 6) is 0.415. The molecule has 3 rings (SSSR count). The van der Waals surface area contributed by atoms with Gasteiger partial charge in [0, 0.05) is 31.6 Å². The standard InChI is InChI=1S/C17H19FN6O/c1-23(9-13-6-12(7-19)2-4-15(13)18)17(25)8-20-14-3-5-16-21-11-22-24(16)10-14/h2,4,6,11,14,20H,3,5,8-10H2,1H3. The molecule has 1 amide bonds. The van der Waals surface area contributed by atoms with Crippen LogP contribution in [0.15, 0.2) is 24.5 Å². The minimum Gasteiger partial charge on any atom is -0.340 e. The fourth-order valence-corrected chi connectivity index (χ4v) is 2.88. The van der Waals surface area contributed by atoms with Gasteiger partial charge in [-0.15, -0.1) is 0 Å². The quantitative estimate of drug-likeness (QED) is 0.870. The molecule has 8 heteroatoms. The highest BCUT2D eigenvalue weighted by Gasteiger charge is 2.21. The van der Waals surface area contributed by atoms with Crippen LogP contribution in [0.1, 0.15) is 23.4 Å². The van der Waals surface area contributed by atoms with E-state index in [-0.39, 0.29) is 25.0 Å². The van der Waals surface area contributed by atoms with Gasteiger partial charge in [-0.3, -0.25) is 4.79 Å². The van der Waals surface area contributed by atoms with Crippen LogP contribution < -0.4 is 5.32 Å². The van der Waals surface area contributed by atoms with Crippen LogP contribution in [0.4, 0.5) is 4.39 Å². The number of aromatic nitrogens is 3. The Morgan fingerprint density at radius 1 is 1.56 bits per heavy atom. The van der Waals surface area contributed by atoms with Gasteiger partial charge in [0.1, 0.15) is 18.0 Å². The minimum absolute atomic E-state index is 0.125. The molecule has 0 radical (unpaired) electrons. The first-order valence-electron chi connectivity index (χ1n) is 8.09. The van der Waals surface area contributed by atoms with Gasteiger partial charge in [-0.25, -0.2) is 14.1 Å². The monoisotopic (exact) mass is 342 g/mol. The third-order valence-electron chi connectivity index (χ3n) is 4.36. The van der Waals surface area contributed by atoms with Gasteiger partial charge in [0.15, 0.2) is 0 Å². The molecule has 0 bridgehead atoms. The van der Waals surface area contributed by atoms with Crippen LogP contribution in [-0.4, -0.2) is 45.2 Å². The van der Waals surface area contributed by atoms with Crippen molar-refractivity contribution in [3.63, 3.8) is 0 Å². The van der Waals surface area contributed by atoms with Crippen LogP contribution in [0.25, 0.3) is 0 Å². The minimum atomic E-state index is -0.419. The zero-order valence-electron chi connectivity index (χ0n) is 13.9. The molecule has 0 saturated heterocycles. The molecule has 2 heterocycles. The van der Waals surface area contributed by atoms with E-state index in [1.165, 1.54) is 23.1 Å². The fraction of sp³-hybridized carbons (Fsp3) is 0.412. The van der Waals surface area contributed by atoms with Gasteiger partial charge >= 0.3 is 0 Å². The molecule has 1 aliphatic heterocycles. The van der Waals surface area contributed by atoms with Gasteiger partial charge in [-0.2, -0.15) is 10.4 Å². The number of hydrogen-bond acceptors (Lipinski definition) is 5. The molecule has 1 unspecified atom stereocenters. The number of hydrogen-bond donors (Lipinski definition) is 1. The van der Waals surface area contributed by atoms with E-state index in [0.29, 0.717) is 17.7 Å². The van der Waals surface area contributed by atoms with E-state index >= 15 is 0 Å². The molecule has 25 heavy (non-hydrogen) atoms. The Morgan fingerprint density at radius 2 is 2.40 bits per heavy atom. The lowest BCUT2D eigenvalue weighted by atomic mass is 10.1.